The van der Waals surface area contributed by atoms with Gasteiger partial charge in [0.05, 0.1) is 14.2 Å². The molecule has 0 spiro atoms. The Kier molecular flexibility index (Phi) is 3.22. The molecule has 1 aromatic carbocycles. The normalized spacial score (nSPS) is 16.6. The molecule has 0 aromatic heterocycles. The predicted molar refractivity (Wildman–Crippen MR) is 75.1 cm³/mol. The van der Waals surface area contributed by atoms with E-state index in [-0.39, 0.29) is 0 Å². The van der Waals surface area contributed by atoms with Crippen LogP contribution in [-0.4, -0.2) is 20.5 Å². The number of methoxy groups -OCH3 is 2. The average Bonchev–Trinajstić information content (AvgIpc) is 2.50. The van der Waals surface area contributed by atoms with Crippen LogP contribution in [0.4, 0.5) is 0 Å². The van der Waals surface area contributed by atoms with E-state index in [4.69, 9.17) is 14.2 Å². The highest BCUT2D eigenvalue weighted by molar-refractivity contribution is 5.80. The number of aldehydes is 1. The van der Waals surface area contributed by atoms with E-state index < -0.39 is 0 Å². The Bertz CT molecular complexity index is 626. The molecule has 1 aliphatic carbocycles. The van der Waals surface area contributed by atoms with Crippen LogP contribution < -0.4 is 14.2 Å². The summed E-state index contributed by atoms with van der Waals surface area (Å²) < 4.78 is 16.5. The van der Waals surface area contributed by atoms with Crippen molar-refractivity contribution < 1.29 is 19.0 Å². The molecule has 0 radical (unpaired) electrons. The molecule has 0 bridgehead atoms. The van der Waals surface area contributed by atoms with Crippen molar-refractivity contribution in [3.63, 3.8) is 0 Å². The van der Waals surface area contributed by atoms with Gasteiger partial charge in [0.15, 0.2) is 11.5 Å². The summed E-state index contributed by atoms with van der Waals surface area (Å²) in [5, 5.41) is 0. The van der Waals surface area contributed by atoms with Crippen molar-refractivity contribution >= 4 is 12.4 Å². The number of benzene rings is 1. The number of carbonyl (C=O) groups is 1. The molecule has 20 heavy (non-hydrogen) atoms. The van der Waals surface area contributed by atoms with Crippen molar-refractivity contribution in [2.75, 3.05) is 14.2 Å². The third-order valence-electron chi connectivity index (χ3n) is 3.68. The Labute approximate surface area is 117 Å². The van der Waals surface area contributed by atoms with Crippen LogP contribution in [0, 0.1) is 0 Å². The molecule has 1 aliphatic heterocycles. The second-order valence-corrected chi connectivity index (χ2v) is 4.84. The predicted octanol–water partition coefficient (Wildman–Crippen LogP) is 3.12. The van der Waals surface area contributed by atoms with Gasteiger partial charge in [-0.2, -0.15) is 0 Å². The maximum absolute atomic E-state index is 11.1. The Morgan fingerprint density at radius 3 is 2.60 bits per heavy atom. The van der Waals surface area contributed by atoms with Gasteiger partial charge in [-0.05, 0) is 37.0 Å². The minimum absolute atomic E-state index is 0.618. The summed E-state index contributed by atoms with van der Waals surface area (Å²) in [6.07, 6.45) is 5.65. The monoisotopic (exact) mass is 272 g/mol. The fourth-order valence-corrected chi connectivity index (χ4v) is 2.66. The third kappa shape index (κ3) is 1.97. The van der Waals surface area contributed by atoms with E-state index in [2.05, 4.69) is 6.08 Å². The molecule has 4 nitrogen and oxygen atoms in total. The molecule has 0 atom stereocenters. The van der Waals surface area contributed by atoms with E-state index in [0.717, 1.165) is 42.3 Å². The molecule has 2 aliphatic rings. The second-order valence-electron chi connectivity index (χ2n) is 4.84. The third-order valence-corrected chi connectivity index (χ3v) is 3.68. The molecule has 0 fully saturated rings. The molecular formula is C16H16O4. The van der Waals surface area contributed by atoms with Gasteiger partial charge in [-0.3, -0.25) is 4.79 Å². The van der Waals surface area contributed by atoms with Crippen molar-refractivity contribution in [2.24, 2.45) is 0 Å². The zero-order chi connectivity index (χ0) is 14.1. The standard InChI is InChI=1S/C16H16O4/c1-18-14-7-12-6-10-4-3-5-11(9-17)16(10)20-13(12)8-15(14)19-2/h6-9H,3-5H2,1-2H3. The maximum Gasteiger partial charge on any atom is 0.164 e. The van der Waals surface area contributed by atoms with Crippen LogP contribution in [-0.2, 0) is 4.79 Å². The molecule has 0 saturated heterocycles. The van der Waals surface area contributed by atoms with Crippen molar-refractivity contribution in [2.45, 2.75) is 19.3 Å². The van der Waals surface area contributed by atoms with Gasteiger partial charge in [-0.1, -0.05) is 0 Å². The summed E-state index contributed by atoms with van der Waals surface area (Å²) in [6.45, 7) is 0. The summed E-state index contributed by atoms with van der Waals surface area (Å²) in [5.74, 6) is 2.70. The zero-order valence-corrected chi connectivity index (χ0v) is 11.6. The first kappa shape index (κ1) is 12.8. The smallest absolute Gasteiger partial charge is 0.164 e. The van der Waals surface area contributed by atoms with Gasteiger partial charge >= 0.3 is 0 Å². The first-order chi connectivity index (χ1) is 9.76. The number of ether oxygens (including phenoxy) is 3. The number of allylic oxidation sites excluding steroid dienone is 2. The number of hydrogen-bond acceptors (Lipinski definition) is 4. The zero-order valence-electron chi connectivity index (χ0n) is 11.6. The highest BCUT2D eigenvalue weighted by Gasteiger charge is 2.25. The number of carbonyl (C=O) groups excluding carboxylic acids is 1. The van der Waals surface area contributed by atoms with E-state index in [9.17, 15) is 4.79 Å². The van der Waals surface area contributed by atoms with E-state index in [1.807, 2.05) is 6.07 Å². The lowest BCUT2D eigenvalue weighted by molar-refractivity contribution is -0.105. The summed E-state index contributed by atoms with van der Waals surface area (Å²) in [7, 11) is 3.20. The van der Waals surface area contributed by atoms with Gasteiger partial charge in [0.1, 0.15) is 17.8 Å². The molecule has 104 valence electrons. The minimum atomic E-state index is 0.618. The first-order valence-corrected chi connectivity index (χ1v) is 6.60. The van der Waals surface area contributed by atoms with Crippen molar-refractivity contribution in [3.8, 4) is 17.2 Å². The molecule has 3 rings (SSSR count). The summed E-state index contributed by atoms with van der Waals surface area (Å²) >= 11 is 0. The van der Waals surface area contributed by atoms with E-state index in [0.29, 0.717) is 23.0 Å². The fourth-order valence-electron chi connectivity index (χ4n) is 2.66. The lowest BCUT2D eigenvalue weighted by Crippen LogP contribution is -2.13. The van der Waals surface area contributed by atoms with Crippen LogP contribution in [0.25, 0.3) is 6.08 Å². The minimum Gasteiger partial charge on any atom is -0.493 e. The Hall–Kier alpha value is -2.23. The van der Waals surface area contributed by atoms with Crippen LogP contribution in [0.15, 0.2) is 29.0 Å². The second kappa shape index (κ2) is 5.04. The molecule has 1 heterocycles. The lowest BCUT2D eigenvalue weighted by atomic mass is 9.90. The molecule has 0 N–H and O–H groups in total. The van der Waals surface area contributed by atoms with Crippen molar-refractivity contribution in [1.82, 2.24) is 0 Å². The van der Waals surface area contributed by atoms with Gasteiger partial charge in [0.25, 0.3) is 0 Å². The maximum atomic E-state index is 11.1. The first-order valence-electron chi connectivity index (χ1n) is 6.60. The molecule has 0 amide bonds. The van der Waals surface area contributed by atoms with Gasteiger partial charge in [-0.15, -0.1) is 0 Å². The van der Waals surface area contributed by atoms with Crippen LogP contribution >= 0.6 is 0 Å². The Balaban J connectivity index is 2.13. The van der Waals surface area contributed by atoms with E-state index in [1.165, 1.54) is 0 Å². The SMILES string of the molecule is COc1cc2c(cc1OC)OC1=C(C=O)CCCC1=C2. The molecule has 0 unspecified atom stereocenters. The largest absolute Gasteiger partial charge is 0.493 e. The van der Waals surface area contributed by atoms with Crippen molar-refractivity contribution in [1.29, 1.82) is 0 Å². The summed E-state index contributed by atoms with van der Waals surface area (Å²) in [4.78, 5) is 11.1. The molecular weight excluding hydrogens is 256 g/mol. The highest BCUT2D eigenvalue weighted by atomic mass is 16.5. The molecule has 4 heteroatoms. The van der Waals surface area contributed by atoms with Gasteiger partial charge in [0.2, 0.25) is 0 Å². The van der Waals surface area contributed by atoms with Gasteiger partial charge in [-0.25, -0.2) is 0 Å². The lowest BCUT2D eigenvalue weighted by Gasteiger charge is -2.26. The summed E-state index contributed by atoms with van der Waals surface area (Å²) in [5.41, 5.74) is 2.77. The quantitative estimate of drug-likeness (QED) is 0.793. The van der Waals surface area contributed by atoms with Crippen LogP contribution in [0.5, 0.6) is 17.2 Å². The van der Waals surface area contributed by atoms with Crippen LogP contribution in [0.3, 0.4) is 0 Å². The molecule has 0 saturated carbocycles. The van der Waals surface area contributed by atoms with Crippen LogP contribution in [0.2, 0.25) is 0 Å². The Morgan fingerprint density at radius 1 is 1.15 bits per heavy atom. The van der Waals surface area contributed by atoms with Crippen molar-refractivity contribution in [3.05, 3.63) is 34.6 Å². The van der Waals surface area contributed by atoms with E-state index in [1.54, 1.807) is 20.3 Å². The van der Waals surface area contributed by atoms with Gasteiger partial charge < -0.3 is 14.2 Å². The van der Waals surface area contributed by atoms with E-state index >= 15 is 0 Å². The topological polar surface area (TPSA) is 44.8 Å². The number of fused-ring (bicyclic) bond motifs is 2. The Morgan fingerprint density at radius 2 is 1.90 bits per heavy atom. The van der Waals surface area contributed by atoms with Gasteiger partial charge in [0, 0.05) is 17.2 Å². The highest BCUT2D eigenvalue weighted by Crippen LogP contribution is 2.43. The summed E-state index contributed by atoms with van der Waals surface area (Å²) in [6, 6.07) is 3.69. The van der Waals surface area contributed by atoms with Crippen LogP contribution in [0.1, 0.15) is 24.8 Å². The number of hydrogen-bond donors (Lipinski definition) is 0. The average molecular weight is 272 g/mol. The fraction of sp³-hybridized carbons (Fsp3) is 0.312. The number of rotatable bonds is 3. The molecule has 1 aromatic rings.